The Balaban J connectivity index is 1.09. The molecule has 0 atom stereocenters. The Morgan fingerprint density at radius 1 is 0.530 bits per heavy atom. The van der Waals surface area contributed by atoms with Crippen molar-refractivity contribution < 1.29 is 8.83 Å². The standard InChI is InChI=1S/C60H47BN2O2S/c1-58(2,3)32-16-18-33(19-17-32)63-48-26-42-40-25-44-45(60(6,7)23-22-59(44,4)5)29-52(40)65-51(42)28-39(48)36-20-21-37-38-24-43-35-13-9-11-15-54(35)66-55(43)31-47(38)62-49-27-41-34-12-8-10-14-50(34)64-53(41)30-46(49)61(63)56(36)57(37)62/h8-21,24-31H,22-23H2,1-7H3. The van der Waals surface area contributed by atoms with E-state index < -0.39 is 0 Å². The lowest BCUT2D eigenvalue weighted by molar-refractivity contribution is 0.332. The molecule has 15 rings (SSSR count). The van der Waals surface area contributed by atoms with Gasteiger partial charge >= 0.3 is 6.85 Å². The van der Waals surface area contributed by atoms with Gasteiger partial charge in [-0.1, -0.05) is 109 Å². The fraction of sp³-hybridized carbons (Fsp3) is 0.200. The molecule has 0 spiro atoms. The van der Waals surface area contributed by atoms with Crippen molar-refractivity contribution >= 4 is 126 Å². The summed E-state index contributed by atoms with van der Waals surface area (Å²) in [5.41, 5.74) is 19.2. The predicted molar refractivity (Wildman–Crippen MR) is 281 cm³/mol. The number of aromatic nitrogens is 1. The third-order valence-corrected chi connectivity index (χ3v) is 17.3. The van der Waals surface area contributed by atoms with Crippen molar-refractivity contribution in [2.45, 2.75) is 77.6 Å². The number of thiophene rings is 1. The summed E-state index contributed by atoms with van der Waals surface area (Å²) in [6, 6.07) is 51.0. The van der Waals surface area contributed by atoms with Gasteiger partial charge in [0.25, 0.3) is 0 Å². The number of anilines is 2. The fourth-order valence-corrected chi connectivity index (χ4v) is 13.7. The molecule has 0 amide bonds. The summed E-state index contributed by atoms with van der Waals surface area (Å²) in [5.74, 6) is 0. The van der Waals surface area contributed by atoms with Crippen molar-refractivity contribution in [1.29, 1.82) is 0 Å². The molecule has 3 aliphatic rings. The number of benzene rings is 8. The minimum atomic E-state index is -0.147. The normalized spacial score (nSPS) is 16.2. The van der Waals surface area contributed by atoms with Crippen LogP contribution in [0, 0.1) is 0 Å². The first-order valence-corrected chi connectivity index (χ1v) is 24.5. The molecule has 0 fully saturated rings. The molecular formula is C60H47BN2O2S. The van der Waals surface area contributed by atoms with Gasteiger partial charge in [-0.25, -0.2) is 0 Å². The first-order chi connectivity index (χ1) is 31.8. The van der Waals surface area contributed by atoms with E-state index in [1.807, 2.05) is 11.3 Å². The van der Waals surface area contributed by atoms with E-state index in [1.165, 1.54) is 104 Å². The van der Waals surface area contributed by atoms with Crippen molar-refractivity contribution in [2.75, 3.05) is 4.81 Å². The van der Waals surface area contributed by atoms with Crippen molar-refractivity contribution in [3.63, 3.8) is 0 Å². The summed E-state index contributed by atoms with van der Waals surface area (Å²) in [7, 11) is 0. The van der Waals surface area contributed by atoms with E-state index in [9.17, 15) is 0 Å². The van der Waals surface area contributed by atoms with Crippen molar-refractivity contribution in [1.82, 2.24) is 4.57 Å². The van der Waals surface area contributed by atoms with Crippen LogP contribution in [0.4, 0.5) is 11.4 Å². The molecule has 66 heavy (non-hydrogen) atoms. The summed E-state index contributed by atoms with van der Waals surface area (Å²) >= 11 is 1.89. The van der Waals surface area contributed by atoms with Gasteiger partial charge in [0.15, 0.2) is 0 Å². The zero-order valence-corrected chi connectivity index (χ0v) is 39.1. The second kappa shape index (κ2) is 12.2. The van der Waals surface area contributed by atoms with Crippen LogP contribution < -0.4 is 15.7 Å². The zero-order valence-electron chi connectivity index (χ0n) is 38.3. The molecule has 4 aromatic heterocycles. The van der Waals surface area contributed by atoms with Crippen molar-refractivity contribution in [2.24, 2.45) is 0 Å². The zero-order chi connectivity index (χ0) is 44.3. The molecule has 0 bridgehead atoms. The maximum absolute atomic E-state index is 7.02. The quantitative estimate of drug-likeness (QED) is 0.154. The van der Waals surface area contributed by atoms with E-state index in [4.69, 9.17) is 8.83 Å². The average Bonchev–Trinajstić information content (AvgIpc) is 4.05. The lowest BCUT2D eigenvalue weighted by atomic mass is 9.44. The number of fused-ring (bicyclic) bond motifs is 18. The molecule has 2 aliphatic heterocycles. The Labute approximate surface area is 387 Å². The molecule has 0 N–H and O–H groups in total. The predicted octanol–water partition coefficient (Wildman–Crippen LogP) is 15.8. The highest BCUT2D eigenvalue weighted by atomic mass is 32.1. The van der Waals surface area contributed by atoms with E-state index in [0.717, 1.165) is 50.6 Å². The summed E-state index contributed by atoms with van der Waals surface area (Å²) in [6.07, 6.45) is 2.33. The molecule has 0 unspecified atom stereocenters. The van der Waals surface area contributed by atoms with Crippen molar-refractivity contribution in [3.05, 3.63) is 150 Å². The van der Waals surface area contributed by atoms with Crippen LogP contribution in [0.5, 0.6) is 0 Å². The summed E-state index contributed by atoms with van der Waals surface area (Å²) in [6.45, 7) is 16.4. The smallest absolute Gasteiger partial charge is 0.333 e. The third-order valence-electron chi connectivity index (χ3n) is 16.2. The van der Waals surface area contributed by atoms with Gasteiger partial charge in [-0.15, -0.1) is 11.3 Å². The van der Waals surface area contributed by atoms with Crippen LogP contribution in [0.1, 0.15) is 78.0 Å². The average molecular weight is 871 g/mol. The van der Waals surface area contributed by atoms with Gasteiger partial charge in [0.1, 0.15) is 22.3 Å². The SMILES string of the molecule is CC(C)(C)c1ccc(N2B3c4cc5oc6ccccc6c5cc4-n4c5cc6sc7ccccc7c6cc5c5ccc(c3c54)-c3cc4oc5cc6c(cc5c4cc32)C(C)(C)CCC6(C)C)cc1. The van der Waals surface area contributed by atoms with Gasteiger partial charge in [0, 0.05) is 75.1 Å². The minimum Gasteiger partial charge on any atom is -0.456 e. The van der Waals surface area contributed by atoms with Gasteiger partial charge < -0.3 is 18.2 Å². The molecule has 0 radical (unpaired) electrons. The van der Waals surface area contributed by atoms with E-state index in [1.54, 1.807) is 0 Å². The Bertz CT molecular complexity index is 4170. The molecule has 12 aromatic rings. The summed E-state index contributed by atoms with van der Waals surface area (Å²) in [5, 5.41) is 9.83. The summed E-state index contributed by atoms with van der Waals surface area (Å²) < 4.78 is 19.0. The Morgan fingerprint density at radius 2 is 1.20 bits per heavy atom. The van der Waals surface area contributed by atoms with Crippen LogP contribution in [0.3, 0.4) is 0 Å². The molecular weight excluding hydrogens is 824 g/mol. The molecule has 0 saturated heterocycles. The van der Waals surface area contributed by atoms with E-state index >= 15 is 0 Å². The Morgan fingerprint density at radius 3 is 2.00 bits per heavy atom. The largest absolute Gasteiger partial charge is 0.456 e. The Kier molecular flexibility index (Phi) is 6.91. The maximum Gasteiger partial charge on any atom is 0.333 e. The van der Waals surface area contributed by atoms with Gasteiger partial charge in [0.2, 0.25) is 0 Å². The topological polar surface area (TPSA) is 34.5 Å². The lowest BCUT2D eigenvalue weighted by Gasteiger charge is -2.42. The van der Waals surface area contributed by atoms with Crippen LogP contribution in [0.25, 0.3) is 103 Å². The highest BCUT2D eigenvalue weighted by molar-refractivity contribution is 7.25. The third kappa shape index (κ3) is 4.75. The number of hydrogen-bond donors (Lipinski definition) is 0. The van der Waals surface area contributed by atoms with Gasteiger partial charge in [-0.05, 0) is 135 Å². The highest BCUT2D eigenvalue weighted by Gasteiger charge is 2.45. The van der Waals surface area contributed by atoms with Gasteiger partial charge in [-0.2, -0.15) is 0 Å². The number of rotatable bonds is 1. The summed E-state index contributed by atoms with van der Waals surface area (Å²) in [4.78, 5) is 2.65. The second-order valence-electron chi connectivity index (χ2n) is 21.9. The highest BCUT2D eigenvalue weighted by Crippen LogP contribution is 2.52. The fourth-order valence-electron chi connectivity index (χ4n) is 12.6. The van der Waals surface area contributed by atoms with Crippen LogP contribution in [-0.4, -0.2) is 11.4 Å². The van der Waals surface area contributed by atoms with Crippen molar-refractivity contribution in [3.8, 4) is 16.8 Å². The van der Waals surface area contributed by atoms with Crippen LogP contribution in [0.15, 0.2) is 142 Å². The lowest BCUT2D eigenvalue weighted by Crippen LogP contribution is -2.60. The molecule has 1 aliphatic carbocycles. The first kappa shape index (κ1) is 37.5. The van der Waals surface area contributed by atoms with Crippen LogP contribution in [0.2, 0.25) is 0 Å². The number of hydrogen-bond acceptors (Lipinski definition) is 4. The minimum absolute atomic E-state index is 0.0187. The van der Waals surface area contributed by atoms with Gasteiger partial charge in [-0.3, -0.25) is 0 Å². The molecule has 8 aromatic carbocycles. The number of nitrogens with zero attached hydrogens (tertiary/aromatic N) is 2. The molecule has 318 valence electrons. The number of para-hydroxylation sites is 1. The second-order valence-corrected chi connectivity index (χ2v) is 23.0. The monoisotopic (exact) mass is 870 g/mol. The van der Waals surface area contributed by atoms with E-state index in [2.05, 4.69) is 191 Å². The molecule has 0 saturated carbocycles. The van der Waals surface area contributed by atoms with Crippen LogP contribution in [-0.2, 0) is 16.2 Å². The maximum atomic E-state index is 7.02. The Hall–Kier alpha value is -6.76. The molecule has 6 heteroatoms. The van der Waals surface area contributed by atoms with Crippen LogP contribution >= 0.6 is 11.3 Å². The van der Waals surface area contributed by atoms with Gasteiger partial charge in [0.05, 0.1) is 11.0 Å². The first-order valence-electron chi connectivity index (χ1n) is 23.6. The van der Waals surface area contributed by atoms with E-state index in [-0.39, 0.29) is 23.1 Å². The van der Waals surface area contributed by atoms with E-state index in [0.29, 0.717) is 0 Å². The number of furan rings is 2. The molecule has 6 heterocycles. The molecule has 4 nitrogen and oxygen atoms in total.